The second-order valence-corrected chi connectivity index (χ2v) is 4.36. The smallest absolute Gasteiger partial charge is 0.271 e. The molecule has 0 saturated carbocycles. The van der Waals surface area contributed by atoms with Gasteiger partial charge in [0, 0.05) is 36.1 Å². The Hall–Kier alpha value is -2.89. The monoisotopic (exact) mass is 268 g/mol. The lowest BCUT2D eigenvalue weighted by Crippen LogP contribution is -1.99. The van der Waals surface area contributed by atoms with E-state index in [2.05, 4.69) is 10.4 Å². The second kappa shape index (κ2) is 5.00. The number of hydrogen-bond acceptors (Lipinski definition) is 4. The molecule has 0 radical (unpaired) electrons. The van der Waals surface area contributed by atoms with E-state index in [1.165, 1.54) is 12.1 Å². The molecule has 0 aliphatic heterocycles. The minimum Gasteiger partial charge on any atom is -0.381 e. The first kappa shape index (κ1) is 12.2. The maximum absolute atomic E-state index is 10.7. The van der Waals surface area contributed by atoms with E-state index in [1.54, 1.807) is 22.8 Å². The van der Waals surface area contributed by atoms with Crippen LogP contribution in [0, 0.1) is 10.1 Å². The molecule has 0 aliphatic carbocycles. The van der Waals surface area contributed by atoms with Crippen LogP contribution in [0.3, 0.4) is 0 Å². The van der Waals surface area contributed by atoms with Crippen molar-refractivity contribution in [1.29, 1.82) is 0 Å². The molecule has 3 aromatic rings. The van der Waals surface area contributed by atoms with Crippen molar-refractivity contribution >= 4 is 16.9 Å². The number of nitrogens with zero attached hydrogens (tertiary/aromatic N) is 3. The number of fused-ring (bicyclic) bond motifs is 1. The molecule has 0 saturated heterocycles. The molecule has 3 rings (SSSR count). The number of pyridine rings is 1. The lowest BCUT2D eigenvalue weighted by molar-refractivity contribution is -0.384. The summed E-state index contributed by atoms with van der Waals surface area (Å²) in [5.74, 6) is 0. The highest BCUT2D eigenvalue weighted by molar-refractivity contribution is 5.56. The highest BCUT2D eigenvalue weighted by Crippen LogP contribution is 2.18. The van der Waals surface area contributed by atoms with Crippen LogP contribution in [-0.2, 0) is 6.54 Å². The highest BCUT2D eigenvalue weighted by atomic mass is 16.6. The molecule has 0 amide bonds. The number of nitrogens with one attached hydrogen (secondary N) is 1. The van der Waals surface area contributed by atoms with Gasteiger partial charge in [-0.2, -0.15) is 5.10 Å². The van der Waals surface area contributed by atoms with Gasteiger partial charge in [-0.3, -0.25) is 10.1 Å². The van der Waals surface area contributed by atoms with E-state index in [1.807, 2.05) is 24.4 Å². The molecular formula is C14H12N4O2. The van der Waals surface area contributed by atoms with Crippen LogP contribution in [0.15, 0.2) is 54.9 Å². The molecule has 1 aromatic carbocycles. The van der Waals surface area contributed by atoms with Gasteiger partial charge in [-0.05, 0) is 18.2 Å². The summed E-state index contributed by atoms with van der Waals surface area (Å²) >= 11 is 0. The normalized spacial score (nSPS) is 10.6. The molecule has 0 fully saturated rings. The topological polar surface area (TPSA) is 72.5 Å². The van der Waals surface area contributed by atoms with Crippen molar-refractivity contribution in [3.05, 3.63) is 70.5 Å². The molecule has 0 spiro atoms. The number of rotatable bonds is 4. The van der Waals surface area contributed by atoms with Gasteiger partial charge in [0.1, 0.15) is 0 Å². The lowest BCUT2D eigenvalue weighted by atomic mass is 10.2. The Morgan fingerprint density at radius 2 is 2.15 bits per heavy atom. The molecule has 2 aromatic heterocycles. The van der Waals surface area contributed by atoms with Crippen LogP contribution in [0.2, 0.25) is 0 Å². The molecule has 20 heavy (non-hydrogen) atoms. The largest absolute Gasteiger partial charge is 0.381 e. The zero-order valence-corrected chi connectivity index (χ0v) is 10.6. The minimum atomic E-state index is -0.402. The first-order chi connectivity index (χ1) is 9.74. The van der Waals surface area contributed by atoms with E-state index < -0.39 is 4.92 Å². The van der Waals surface area contributed by atoms with Crippen LogP contribution >= 0.6 is 0 Å². The summed E-state index contributed by atoms with van der Waals surface area (Å²) in [5.41, 5.74) is 2.85. The van der Waals surface area contributed by atoms with Gasteiger partial charge >= 0.3 is 0 Å². The quantitative estimate of drug-likeness (QED) is 0.583. The molecule has 0 atom stereocenters. The Bertz CT molecular complexity index is 766. The molecule has 0 bridgehead atoms. The van der Waals surface area contributed by atoms with Gasteiger partial charge in [-0.1, -0.05) is 12.1 Å². The molecule has 1 N–H and O–H groups in total. The van der Waals surface area contributed by atoms with E-state index in [0.29, 0.717) is 6.54 Å². The van der Waals surface area contributed by atoms with Crippen molar-refractivity contribution < 1.29 is 4.92 Å². The Morgan fingerprint density at radius 3 is 3.00 bits per heavy atom. The van der Waals surface area contributed by atoms with Crippen LogP contribution in [0.1, 0.15) is 5.56 Å². The van der Waals surface area contributed by atoms with Gasteiger partial charge in [-0.15, -0.1) is 0 Å². The summed E-state index contributed by atoms with van der Waals surface area (Å²) in [4.78, 5) is 10.3. The first-order valence-electron chi connectivity index (χ1n) is 6.13. The third-order valence-corrected chi connectivity index (χ3v) is 3.05. The third-order valence-electron chi connectivity index (χ3n) is 3.05. The zero-order valence-electron chi connectivity index (χ0n) is 10.6. The van der Waals surface area contributed by atoms with Crippen molar-refractivity contribution in [2.75, 3.05) is 5.32 Å². The van der Waals surface area contributed by atoms with Crippen molar-refractivity contribution in [1.82, 2.24) is 9.61 Å². The Kier molecular flexibility index (Phi) is 3.04. The standard InChI is InChI=1S/C14H12N4O2/c19-18(20)13-5-3-4-12(8-13)15-9-11-10-16-17-7-2-1-6-14(11)17/h1-8,10,15H,9H2. The SMILES string of the molecule is O=[N+]([O-])c1cccc(NCc2cnn3ccccc23)c1. The molecule has 2 heterocycles. The summed E-state index contributed by atoms with van der Waals surface area (Å²) in [7, 11) is 0. The first-order valence-corrected chi connectivity index (χ1v) is 6.13. The zero-order chi connectivity index (χ0) is 13.9. The van der Waals surface area contributed by atoms with Crippen molar-refractivity contribution in [2.45, 2.75) is 6.54 Å². The summed E-state index contributed by atoms with van der Waals surface area (Å²) in [6.45, 7) is 0.564. The average Bonchev–Trinajstić information content (AvgIpc) is 2.89. The minimum absolute atomic E-state index is 0.0786. The van der Waals surface area contributed by atoms with Gasteiger partial charge in [0.05, 0.1) is 16.6 Å². The molecule has 6 heteroatoms. The summed E-state index contributed by atoms with van der Waals surface area (Å²) < 4.78 is 1.80. The Labute approximate surface area is 114 Å². The van der Waals surface area contributed by atoms with Crippen LogP contribution in [0.4, 0.5) is 11.4 Å². The maximum Gasteiger partial charge on any atom is 0.271 e. The second-order valence-electron chi connectivity index (χ2n) is 4.36. The lowest BCUT2D eigenvalue weighted by Gasteiger charge is -2.05. The van der Waals surface area contributed by atoms with E-state index in [9.17, 15) is 10.1 Å². The fourth-order valence-electron chi connectivity index (χ4n) is 2.05. The van der Waals surface area contributed by atoms with Crippen LogP contribution < -0.4 is 5.32 Å². The van der Waals surface area contributed by atoms with Crippen molar-refractivity contribution in [2.24, 2.45) is 0 Å². The number of benzene rings is 1. The van der Waals surface area contributed by atoms with Crippen LogP contribution in [0.5, 0.6) is 0 Å². The van der Waals surface area contributed by atoms with E-state index in [0.717, 1.165) is 16.8 Å². The highest BCUT2D eigenvalue weighted by Gasteiger charge is 2.06. The number of non-ortho nitro benzene ring substituents is 1. The van der Waals surface area contributed by atoms with Gasteiger partial charge in [-0.25, -0.2) is 4.52 Å². The van der Waals surface area contributed by atoms with Crippen molar-refractivity contribution in [3.8, 4) is 0 Å². The Balaban J connectivity index is 1.79. The van der Waals surface area contributed by atoms with Gasteiger partial charge < -0.3 is 5.32 Å². The fourth-order valence-corrected chi connectivity index (χ4v) is 2.05. The molecule has 0 unspecified atom stereocenters. The number of aromatic nitrogens is 2. The van der Waals surface area contributed by atoms with E-state index >= 15 is 0 Å². The van der Waals surface area contributed by atoms with Crippen molar-refractivity contribution in [3.63, 3.8) is 0 Å². The molecule has 0 aliphatic rings. The molecular weight excluding hydrogens is 256 g/mol. The predicted octanol–water partition coefficient (Wildman–Crippen LogP) is 2.85. The maximum atomic E-state index is 10.7. The summed E-state index contributed by atoms with van der Waals surface area (Å²) in [5, 5.41) is 18.1. The van der Waals surface area contributed by atoms with Crippen LogP contribution in [-0.4, -0.2) is 14.5 Å². The van der Waals surface area contributed by atoms with Gasteiger partial charge in [0.2, 0.25) is 0 Å². The fraction of sp³-hybridized carbons (Fsp3) is 0.0714. The average molecular weight is 268 g/mol. The summed E-state index contributed by atoms with van der Waals surface area (Å²) in [6, 6.07) is 12.3. The number of nitro groups is 1. The molecule has 100 valence electrons. The molecule has 6 nitrogen and oxygen atoms in total. The summed E-state index contributed by atoms with van der Waals surface area (Å²) in [6.07, 6.45) is 3.67. The van der Waals surface area contributed by atoms with Gasteiger partial charge in [0.15, 0.2) is 0 Å². The van der Waals surface area contributed by atoms with E-state index in [-0.39, 0.29) is 5.69 Å². The van der Waals surface area contributed by atoms with E-state index in [4.69, 9.17) is 0 Å². The number of anilines is 1. The number of nitro benzene ring substituents is 1. The Morgan fingerprint density at radius 1 is 1.25 bits per heavy atom. The predicted molar refractivity (Wildman–Crippen MR) is 75.6 cm³/mol. The van der Waals surface area contributed by atoms with Gasteiger partial charge in [0.25, 0.3) is 5.69 Å². The number of hydrogen-bond donors (Lipinski definition) is 1. The van der Waals surface area contributed by atoms with Crippen LogP contribution in [0.25, 0.3) is 5.52 Å². The third kappa shape index (κ3) is 2.31.